The molecule has 2 aliphatic heterocycles. The molecule has 0 spiro atoms. The van der Waals surface area contributed by atoms with Crippen LogP contribution in [0.1, 0.15) is 24.8 Å². The third-order valence-electron chi connectivity index (χ3n) is 4.69. The fraction of sp³-hybridized carbons (Fsp3) is 0.588. The Bertz CT molecular complexity index is 543. The zero-order chi connectivity index (χ0) is 16.2. The number of nitrogens with one attached hydrogen (secondary N) is 1. The van der Waals surface area contributed by atoms with Crippen molar-refractivity contribution >= 4 is 17.5 Å². The van der Waals surface area contributed by atoms with E-state index in [9.17, 15) is 9.18 Å². The van der Waals surface area contributed by atoms with Gasteiger partial charge in [0.1, 0.15) is 5.82 Å². The van der Waals surface area contributed by atoms with Crippen molar-refractivity contribution in [2.45, 2.75) is 37.8 Å². The van der Waals surface area contributed by atoms with Gasteiger partial charge < -0.3 is 10.1 Å². The van der Waals surface area contributed by atoms with Gasteiger partial charge in [0.05, 0.1) is 6.42 Å². The largest absolute Gasteiger partial charge is 0.381 e. The first kappa shape index (κ1) is 16.7. The van der Waals surface area contributed by atoms with Crippen molar-refractivity contribution in [3.63, 3.8) is 0 Å². The predicted molar refractivity (Wildman–Crippen MR) is 87.1 cm³/mol. The molecule has 1 aromatic rings. The second-order valence-electron chi connectivity index (χ2n) is 6.27. The predicted octanol–water partition coefficient (Wildman–Crippen LogP) is 2.39. The van der Waals surface area contributed by atoms with Gasteiger partial charge in [-0.05, 0) is 31.4 Å². The van der Waals surface area contributed by atoms with Gasteiger partial charge in [-0.15, -0.1) is 0 Å². The summed E-state index contributed by atoms with van der Waals surface area (Å²) in [4.78, 5) is 14.6. The molecule has 0 radical (unpaired) electrons. The van der Waals surface area contributed by atoms with Crippen molar-refractivity contribution in [2.75, 3.05) is 26.3 Å². The second kappa shape index (κ2) is 7.60. The van der Waals surface area contributed by atoms with Crippen LogP contribution in [0.3, 0.4) is 0 Å². The van der Waals surface area contributed by atoms with Crippen LogP contribution in [0.15, 0.2) is 18.2 Å². The molecule has 2 heterocycles. The Labute approximate surface area is 140 Å². The van der Waals surface area contributed by atoms with E-state index in [1.807, 2.05) is 0 Å². The molecule has 0 aromatic heterocycles. The molecular weight excluding hydrogens is 319 g/mol. The van der Waals surface area contributed by atoms with E-state index in [2.05, 4.69) is 10.2 Å². The van der Waals surface area contributed by atoms with Crippen molar-refractivity contribution in [3.05, 3.63) is 34.6 Å². The molecule has 1 aromatic carbocycles. The zero-order valence-corrected chi connectivity index (χ0v) is 13.8. The van der Waals surface area contributed by atoms with Gasteiger partial charge in [-0.1, -0.05) is 17.7 Å². The first-order valence-electron chi connectivity index (χ1n) is 8.17. The van der Waals surface area contributed by atoms with Crippen molar-refractivity contribution in [2.24, 2.45) is 0 Å². The van der Waals surface area contributed by atoms with Crippen LogP contribution in [-0.2, 0) is 16.0 Å². The van der Waals surface area contributed by atoms with Gasteiger partial charge in [0.15, 0.2) is 0 Å². The summed E-state index contributed by atoms with van der Waals surface area (Å²) in [5.41, 5.74) is 0.269. The number of carbonyl (C=O) groups excluding carboxylic acids is 1. The minimum Gasteiger partial charge on any atom is -0.381 e. The molecule has 4 nitrogen and oxygen atoms in total. The minimum absolute atomic E-state index is 0.0146. The van der Waals surface area contributed by atoms with E-state index in [0.29, 0.717) is 11.1 Å². The number of hydrogen-bond acceptors (Lipinski definition) is 3. The smallest absolute Gasteiger partial charge is 0.224 e. The average molecular weight is 341 g/mol. The topological polar surface area (TPSA) is 41.6 Å². The van der Waals surface area contributed by atoms with E-state index in [0.717, 1.165) is 45.6 Å². The number of halogens is 2. The van der Waals surface area contributed by atoms with Crippen LogP contribution in [0, 0.1) is 5.82 Å². The maximum absolute atomic E-state index is 13.7. The molecule has 23 heavy (non-hydrogen) atoms. The highest BCUT2D eigenvalue weighted by atomic mass is 35.5. The summed E-state index contributed by atoms with van der Waals surface area (Å²) < 4.78 is 19.1. The molecule has 6 heteroatoms. The monoisotopic (exact) mass is 340 g/mol. The Morgan fingerprint density at radius 3 is 2.87 bits per heavy atom. The van der Waals surface area contributed by atoms with Crippen molar-refractivity contribution in [1.82, 2.24) is 10.2 Å². The molecular formula is C17H22ClFN2O2. The summed E-state index contributed by atoms with van der Waals surface area (Å²) in [5, 5.41) is 3.31. The van der Waals surface area contributed by atoms with Crippen LogP contribution in [0.4, 0.5) is 4.39 Å². The van der Waals surface area contributed by atoms with E-state index in [-0.39, 0.29) is 23.9 Å². The third kappa shape index (κ3) is 4.22. The first-order valence-corrected chi connectivity index (χ1v) is 8.55. The standard InChI is InChI=1S/C17H22ClFN2O2/c18-15-2-1-3-16(19)14(15)10-17(22)20-12-4-7-21(11-12)13-5-8-23-9-6-13/h1-3,12-13H,4-11H2,(H,20,22). The van der Waals surface area contributed by atoms with Crippen LogP contribution in [0.25, 0.3) is 0 Å². The van der Waals surface area contributed by atoms with E-state index in [1.54, 1.807) is 12.1 Å². The van der Waals surface area contributed by atoms with Crippen LogP contribution in [-0.4, -0.2) is 49.2 Å². The Kier molecular flexibility index (Phi) is 5.51. The van der Waals surface area contributed by atoms with Gasteiger partial charge in [0.25, 0.3) is 0 Å². The molecule has 3 rings (SSSR count). The summed E-state index contributed by atoms with van der Waals surface area (Å²) in [6, 6.07) is 5.18. The third-order valence-corrected chi connectivity index (χ3v) is 5.05. The van der Waals surface area contributed by atoms with Gasteiger partial charge >= 0.3 is 0 Å². The lowest BCUT2D eigenvalue weighted by Gasteiger charge is -2.31. The molecule has 2 fully saturated rings. The fourth-order valence-electron chi connectivity index (χ4n) is 3.43. The van der Waals surface area contributed by atoms with Crippen LogP contribution < -0.4 is 5.32 Å². The SMILES string of the molecule is O=C(Cc1c(F)cccc1Cl)NC1CCN(C2CCOCC2)C1. The summed E-state index contributed by atoms with van der Waals surface area (Å²) in [5.74, 6) is -0.598. The lowest BCUT2D eigenvalue weighted by molar-refractivity contribution is -0.121. The Hall–Kier alpha value is -1.17. The number of rotatable bonds is 4. The number of benzene rings is 1. The fourth-order valence-corrected chi connectivity index (χ4v) is 3.66. The van der Waals surface area contributed by atoms with Crippen molar-refractivity contribution < 1.29 is 13.9 Å². The second-order valence-corrected chi connectivity index (χ2v) is 6.68. The van der Waals surface area contributed by atoms with Gasteiger partial charge in [-0.25, -0.2) is 4.39 Å². The Morgan fingerprint density at radius 2 is 2.13 bits per heavy atom. The maximum atomic E-state index is 13.7. The number of nitrogens with zero attached hydrogens (tertiary/aromatic N) is 1. The van der Waals surface area contributed by atoms with Crippen molar-refractivity contribution in [1.29, 1.82) is 0 Å². The minimum atomic E-state index is -0.428. The molecule has 0 aliphatic carbocycles. The number of likely N-dealkylation sites (tertiary alicyclic amines) is 1. The lowest BCUT2D eigenvalue weighted by Crippen LogP contribution is -2.42. The molecule has 1 N–H and O–H groups in total. The molecule has 126 valence electrons. The molecule has 1 amide bonds. The van der Waals surface area contributed by atoms with Gasteiger partial charge in [-0.3, -0.25) is 9.69 Å². The molecule has 0 bridgehead atoms. The Morgan fingerprint density at radius 1 is 1.35 bits per heavy atom. The first-order chi connectivity index (χ1) is 11.1. The van der Waals surface area contributed by atoms with Crippen LogP contribution in [0.5, 0.6) is 0 Å². The van der Waals surface area contributed by atoms with Gasteiger partial charge in [0, 0.05) is 49.0 Å². The van der Waals surface area contributed by atoms with E-state index in [1.165, 1.54) is 6.07 Å². The van der Waals surface area contributed by atoms with E-state index >= 15 is 0 Å². The maximum Gasteiger partial charge on any atom is 0.224 e. The Balaban J connectivity index is 1.51. The molecule has 0 saturated carbocycles. The number of ether oxygens (including phenoxy) is 1. The van der Waals surface area contributed by atoms with Gasteiger partial charge in [0.2, 0.25) is 5.91 Å². The molecule has 2 aliphatic rings. The number of hydrogen-bond donors (Lipinski definition) is 1. The quantitative estimate of drug-likeness (QED) is 0.915. The van der Waals surface area contributed by atoms with Crippen LogP contribution >= 0.6 is 11.6 Å². The highest BCUT2D eigenvalue weighted by molar-refractivity contribution is 6.31. The summed E-state index contributed by atoms with van der Waals surface area (Å²) in [7, 11) is 0. The normalized spacial score (nSPS) is 23.1. The number of amides is 1. The van der Waals surface area contributed by atoms with Crippen LogP contribution in [0.2, 0.25) is 5.02 Å². The summed E-state index contributed by atoms with van der Waals surface area (Å²) >= 11 is 5.97. The number of carbonyl (C=O) groups is 1. The zero-order valence-electron chi connectivity index (χ0n) is 13.1. The van der Waals surface area contributed by atoms with Crippen molar-refractivity contribution in [3.8, 4) is 0 Å². The average Bonchev–Trinajstić information content (AvgIpc) is 3.00. The highest BCUT2D eigenvalue weighted by Crippen LogP contribution is 2.21. The summed E-state index contributed by atoms with van der Waals surface area (Å²) in [6.45, 7) is 3.51. The molecule has 2 saturated heterocycles. The molecule has 1 unspecified atom stereocenters. The lowest BCUT2D eigenvalue weighted by atomic mass is 10.1. The van der Waals surface area contributed by atoms with E-state index < -0.39 is 5.82 Å². The van der Waals surface area contributed by atoms with Gasteiger partial charge in [-0.2, -0.15) is 0 Å². The molecule has 1 atom stereocenters. The summed E-state index contributed by atoms with van der Waals surface area (Å²) in [6.07, 6.45) is 3.05. The highest BCUT2D eigenvalue weighted by Gasteiger charge is 2.30. The van der Waals surface area contributed by atoms with E-state index in [4.69, 9.17) is 16.3 Å².